The maximum atomic E-state index is 12.2. The van der Waals surface area contributed by atoms with Crippen LogP contribution in [0.4, 0.5) is 5.69 Å². The lowest BCUT2D eigenvalue weighted by Gasteiger charge is -2.07. The van der Waals surface area contributed by atoms with Crippen LogP contribution >= 0.6 is 11.8 Å². The Balaban J connectivity index is 1.53. The molecule has 0 aliphatic heterocycles. The van der Waals surface area contributed by atoms with Crippen LogP contribution in [0.2, 0.25) is 0 Å². The number of fused-ring (bicyclic) bond motifs is 1. The highest BCUT2D eigenvalue weighted by atomic mass is 32.2. The molecule has 0 heterocycles. The van der Waals surface area contributed by atoms with E-state index in [0.717, 1.165) is 17.0 Å². The van der Waals surface area contributed by atoms with Crippen molar-refractivity contribution in [2.45, 2.75) is 31.1 Å². The number of amides is 1. The molecule has 0 aliphatic rings. The van der Waals surface area contributed by atoms with Crippen LogP contribution in [0.1, 0.15) is 25.3 Å². The summed E-state index contributed by atoms with van der Waals surface area (Å²) >= 11 is 1.56. The average Bonchev–Trinajstić information content (AvgIpc) is 2.65. The van der Waals surface area contributed by atoms with Crippen molar-refractivity contribution in [1.82, 2.24) is 0 Å². The number of aryl methyl sites for hydroxylation is 1. The molecule has 3 aromatic rings. The molecule has 1 amide bonds. The summed E-state index contributed by atoms with van der Waals surface area (Å²) in [5, 5.41) is 5.40. The van der Waals surface area contributed by atoms with Crippen molar-refractivity contribution >= 4 is 34.1 Å². The summed E-state index contributed by atoms with van der Waals surface area (Å²) in [4.78, 5) is 13.3. The minimum absolute atomic E-state index is 0.0273. The number of hydrogen-bond acceptors (Lipinski definition) is 2. The van der Waals surface area contributed by atoms with E-state index in [1.165, 1.54) is 29.2 Å². The number of nitrogens with one attached hydrogen (secondary N) is 1. The second kappa shape index (κ2) is 8.72. The molecular formula is C22H23NOS. The van der Waals surface area contributed by atoms with Crippen molar-refractivity contribution in [1.29, 1.82) is 0 Å². The smallest absolute Gasteiger partial charge is 0.234 e. The predicted molar refractivity (Wildman–Crippen MR) is 108 cm³/mol. The molecule has 2 nitrogen and oxygen atoms in total. The first-order chi connectivity index (χ1) is 12.2. The van der Waals surface area contributed by atoms with Crippen LogP contribution in [0.5, 0.6) is 0 Å². The molecule has 128 valence electrons. The summed E-state index contributed by atoms with van der Waals surface area (Å²) in [6.45, 7) is 2.20. The van der Waals surface area contributed by atoms with Gasteiger partial charge in [0.05, 0.1) is 5.75 Å². The molecule has 0 spiro atoms. The van der Waals surface area contributed by atoms with Crippen LogP contribution in [0.25, 0.3) is 10.8 Å². The molecular weight excluding hydrogens is 326 g/mol. The van der Waals surface area contributed by atoms with E-state index in [9.17, 15) is 4.79 Å². The maximum absolute atomic E-state index is 12.2. The van der Waals surface area contributed by atoms with E-state index >= 15 is 0 Å². The molecule has 3 rings (SSSR count). The molecule has 0 fully saturated rings. The molecule has 1 N–H and O–H groups in total. The monoisotopic (exact) mass is 349 g/mol. The molecule has 0 saturated carbocycles. The van der Waals surface area contributed by atoms with Gasteiger partial charge < -0.3 is 5.32 Å². The first-order valence-electron chi connectivity index (χ1n) is 8.75. The summed E-state index contributed by atoms with van der Waals surface area (Å²) in [6.07, 6.45) is 3.50. The third-order valence-electron chi connectivity index (χ3n) is 4.15. The summed E-state index contributed by atoms with van der Waals surface area (Å²) < 4.78 is 0. The van der Waals surface area contributed by atoms with Crippen molar-refractivity contribution in [2.75, 3.05) is 11.1 Å². The fraction of sp³-hybridized carbons (Fsp3) is 0.227. The number of rotatable bonds is 7. The maximum Gasteiger partial charge on any atom is 0.234 e. The van der Waals surface area contributed by atoms with Gasteiger partial charge in [0.1, 0.15) is 0 Å². The van der Waals surface area contributed by atoms with Crippen LogP contribution in [0.15, 0.2) is 71.6 Å². The summed E-state index contributed by atoms with van der Waals surface area (Å²) in [5.41, 5.74) is 2.19. The first-order valence-corrected chi connectivity index (χ1v) is 9.73. The van der Waals surface area contributed by atoms with Gasteiger partial charge in [-0.25, -0.2) is 0 Å². The molecule has 0 saturated heterocycles. The molecule has 0 bridgehead atoms. The van der Waals surface area contributed by atoms with E-state index in [-0.39, 0.29) is 5.91 Å². The molecule has 25 heavy (non-hydrogen) atoms. The van der Waals surface area contributed by atoms with Crippen LogP contribution in [0.3, 0.4) is 0 Å². The van der Waals surface area contributed by atoms with E-state index < -0.39 is 0 Å². The Morgan fingerprint density at radius 2 is 1.72 bits per heavy atom. The average molecular weight is 349 g/mol. The summed E-state index contributed by atoms with van der Waals surface area (Å²) in [7, 11) is 0. The van der Waals surface area contributed by atoms with Crippen LogP contribution in [-0.2, 0) is 11.2 Å². The Morgan fingerprint density at radius 3 is 2.48 bits per heavy atom. The topological polar surface area (TPSA) is 29.1 Å². The lowest BCUT2D eigenvalue weighted by atomic mass is 10.1. The molecule has 0 unspecified atom stereocenters. The Hall–Kier alpha value is -2.26. The van der Waals surface area contributed by atoms with E-state index in [2.05, 4.69) is 54.7 Å². The molecule has 3 aromatic carbocycles. The minimum Gasteiger partial charge on any atom is -0.325 e. The van der Waals surface area contributed by atoms with Crippen molar-refractivity contribution in [3.63, 3.8) is 0 Å². The lowest BCUT2D eigenvalue weighted by Crippen LogP contribution is -2.13. The molecule has 0 radical (unpaired) electrons. The number of hydrogen-bond donors (Lipinski definition) is 1. The zero-order valence-corrected chi connectivity index (χ0v) is 15.3. The molecule has 0 aromatic heterocycles. The Labute approximate surface area is 153 Å². The summed E-state index contributed by atoms with van der Waals surface area (Å²) in [6, 6.07) is 22.8. The lowest BCUT2D eigenvalue weighted by molar-refractivity contribution is -0.113. The molecule has 0 aliphatic carbocycles. The predicted octanol–water partition coefficient (Wildman–Crippen LogP) is 5.91. The van der Waals surface area contributed by atoms with Gasteiger partial charge in [0.2, 0.25) is 5.91 Å². The van der Waals surface area contributed by atoms with Gasteiger partial charge in [0.15, 0.2) is 0 Å². The SMILES string of the molecule is CCCCc1ccc(NC(=O)CSc2ccc3ccccc3c2)cc1. The van der Waals surface area contributed by atoms with Crippen molar-refractivity contribution in [3.8, 4) is 0 Å². The number of carbonyl (C=O) groups excluding carboxylic acids is 1. The second-order valence-corrected chi connectivity index (χ2v) is 7.20. The van der Waals surface area contributed by atoms with Gasteiger partial charge in [-0.15, -0.1) is 11.8 Å². The van der Waals surface area contributed by atoms with E-state index in [4.69, 9.17) is 0 Å². The van der Waals surface area contributed by atoms with Gasteiger partial charge in [0.25, 0.3) is 0 Å². The third kappa shape index (κ3) is 5.10. The van der Waals surface area contributed by atoms with Gasteiger partial charge in [0, 0.05) is 10.6 Å². The highest BCUT2D eigenvalue weighted by molar-refractivity contribution is 8.00. The van der Waals surface area contributed by atoms with E-state index in [1.807, 2.05) is 24.3 Å². The fourth-order valence-electron chi connectivity index (χ4n) is 2.74. The number of benzene rings is 3. The van der Waals surface area contributed by atoms with E-state index in [1.54, 1.807) is 11.8 Å². The van der Waals surface area contributed by atoms with Gasteiger partial charge in [-0.1, -0.05) is 55.8 Å². The van der Waals surface area contributed by atoms with Crippen LogP contribution < -0.4 is 5.32 Å². The quantitative estimate of drug-likeness (QED) is 0.537. The Morgan fingerprint density at radius 1 is 0.960 bits per heavy atom. The highest BCUT2D eigenvalue weighted by Gasteiger charge is 2.05. The van der Waals surface area contributed by atoms with Crippen molar-refractivity contribution < 1.29 is 4.79 Å². The Bertz CT molecular complexity index is 842. The number of unbranched alkanes of at least 4 members (excludes halogenated alkanes) is 1. The van der Waals surface area contributed by atoms with E-state index in [0.29, 0.717) is 5.75 Å². The largest absolute Gasteiger partial charge is 0.325 e. The third-order valence-corrected chi connectivity index (χ3v) is 5.14. The zero-order valence-electron chi connectivity index (χ0n) is 14.5. The van der Waals surface area contributed by atoms with Gasteiger partial charge >= 0.3 is 0 Å². The van der Waals surface area contributed by atoms with Crippen molar-refractivity contribution in [3.05, 3.63) is 72.3 Å². The van der Waals surface area contributed by atoms with Crippen molar-refractivity contribution in [2.24, 2.45) is 0 Å². The highest BCUT2D eigenvalue weighted by Crippen LogP contribution is 2.23. The van der Waals surface area contributed by atoms with Gasteiger partial charge in [-0.3, -0.25) is 4.79 Å². The molecule has 0 atom stereocenters. The Kier molecular flexibility index (Phi) is 6.13. The second-order valence-electron chi connectivity index (χ2n) is 6.15. The number of thioether (sulfide) groups is 1. The summed E-state index contributed by atoms with van der Waals surface area (Å²) in [5.74, 6) is 0.440. The van der Waals surface area contributed by atoms with Gasteiger partial charge in [-0.05, 0) is 53.4 Å². The number of anilines is 1. The number of carbonyl (C=O) groups is 1. The minimum atomic E-state index is 0.0273. The fourth-order valence-corrected chi connectivity index (χ4v) is 3.48. The van der Waals surface area contributed by atoms with Crippen LogP contribution in [0, 0.1) is 0 Å². The van der Waals surface area contributed by atoms with Crippen LogP contribution in [-0.4, -0.2) is 11.7 Å². The first kappa shape index (κ1) is 17.6. The normalized spacial score (nSPS) is 10.8. The molecule has 3 heteroatoms. The zero-order chi connectivity index (χ0) is 17.5. The standard InChI is InChI=1S/C22H23NOS/c1-2-3-6-17-9-12-20(13-10-17)23-22(24)16-25-21-14-11-18-7-4-5-8-19(18)15-21/h4-5,7-15H,2-3,6,16H2,1H3,(H,23,24). The van der Waals surface area contributed by atoms with Gasteiger partial charge in [-0.2, -0.15) is 0 Å².